The van der Waals surface area contributed by atoms with Gasteiger partial charge in [0.05, 0.1) is 18.9 Å². The molecule has 0 aliphatic carbocycles. The Kier molecular flexibility index (Phi) is 4.85. The third kappa shape index (κ3) is 3.42. The van der Waals surface area contributed by atoms with Crippen LogP contribution in [0.2, 0.25) is 0 Å². The molecule has 1 saturated heterocycles. The number of hydrogen-bond donors (Lipinski definition) is 1. The topological polar surface area (TPSA) is 85.2 Å². The van der Waals surface area contributed by atoms with Gasteiger partial charge in [0.25, 0.3) is 0 Å². The van der Waals surface area contributed by atoms with Crippen LogP contribution in [0.1, 0.15) is 29.2 Å². The van der Waals surface area contributed by atoms with Crippen molar-refractivity contribution in [2.24, 2.45) is 0 Å². The van der Waals surface area contributed by atoms with Crippen LogP contribution >= 0.6 is 0 Å². The lowest BCUT2D eigenvalue weighted by molar-refractivity contribution is -0.116. The molecule has 0 saturated carbocycles. The zero-order valence-electron chi connectivity index (χ0n) is 16.8. The van der Waals surface area contributed by atoms with Crippen LogP contribution in [0.3, 0.4) is 0 Å². The van der Waals surface area contributed by atoms with Crippen molar-refractivity contribution in [1.82, 2.24) is 20.0 Å². The minimum atomic E-state index is -0.778. The lowest BCUT2D eigenvalue weighted by Gasteiger charge is -2.27. The van der Waals surface area contributed by atoms with E-state index in [0.717, 1.165) is 18.9 Å². The van der Waals surface area contributed by atoms with E-state index in [-0.39, 0.29) is 17.9 Å². The number of benzene rings is 1. The van der Waals surface area contributed by atoms with Crippen LogP contribution in [-0.2, 0) is 9.53 Å². The van der Waals surface area contributed by atoms with Gasteiger partial charge in [0.2, 0.25) is 5.91 Å². The van der Waals surface area contributed by atoms with Crippen LogP contribution in [0.25, 0.3) is 5.82 Å². The molecule has 4 heterocycles. The Balaban J connectivity index is 1.55. The summed E-state index contributed by atoms with van der Waals surface area (Å²) in [7, 11) is 0. The zero-order valence-corrected chi connectivity index (χ0v) is 16.8. The van der Waals surface area contributed by atoms with Gasteiger partial charge in [0.1, 0.15) is 17.5 Å². The normalized spacial score (nSPS) is 18.6. The van der Waals surface area contributed by atoms with E-state index in [9.17, 15) is 13.6 Å². The fraction of sp³-hybridized carbons (Fsp3) is 0.333. The van der Waals surface area contributed by atoms with Gasteiger partial charge >= 0.3 is 0 Å². The number of anilines is 2. The van der Waals surface area contributed by atoms with Gasteiger partial charge in [-0.3, -0.25) is 4.79 Å². The molecule has 0 bridgehead atoms. The molecule has 1 N–H and O–H groups in total. The Labute approximate surface area is 176 Å². The highest BCUT2D eigenvalue weighted by molar-refractivity contribution is 5.95. The number of fused-ring (bicyclic) bond motifs is 1. The number of halogens is 2. The van der Waals surface area contributed by atoms with E-state index in [2.05, 4.69) is 25.5 Å². The molecule has 0 unspecified atom stereocenters. The first-order chi connectivity index (χ1) is 15.0. The van der Waals surface area contributed by atoms with E-state index in [1.807, 2.05) is 6.07 Å². The second-order valence-electron chi connectivity index (χ2n) is 7.55. The predicted molar refractivity (Wildman–Crippen MR) is 108 cm³/mol. The van der Waals surface area contributed by atoms with Crippen molar-refractivity contribution < 1.29 is 18.3 Å². The summed E-state index contributed by atoms with van der Waals surface area (Å²) in [6.45, 7) is 4.48. The molecular formula is C21H20F2N6O2. The predicted octanol–water partition coefficient (Wildman–Crippen LogP) is 2.56. The highest BCUT2D eigenvalue weighted by Crippen LogP contribution is 2.41. The smallest absolute Gasteiger partial charge is 0.226 e. The van der Waals surface area contributed by atoms with Crippen molar-refractivity contribution in [3.63, 3.8) is 0 Å². The van der Waals surface area contributed by atoms with Gasteiger partial charge in [-0.1, -0.05) is 6.07 Å². The first-order valence-electron chi connectivity index (χ1n) is 10.0. The van der Waals surface area contributed by atoms with Gasteiger partial charge in [-0.05, 0) is 31.2 Å². The number of aryl methyl sites for hydroxylation is 1. The standard InChI is InChI=1S/C21H20F2N6O2/c1-12-19-13(20-14(22)3-2-4-15(20)23)11-18(30)24-21(19)29(27-12)17-6-5-16(25-26-17)28-7-9-31-10-8-28/h2-6,13H,7-11H2,1H3,(H,24,30)/t13-/m1/s1. The van der Waals surface area contributed by atoms with Crippen LogP contribution in [0, 0.1) is 18.6 Å². The number of amides is 1. The highest BCUT2D eigenvalue weighted by atomic mass is 19.1. The van der Waals surface area contributed by atoms with Crippen LogP contribution < -0.4 is 10.2 Å². The molecule has 1 amide bonds. The molecule has 2 aliphatic rings. The van der Waals surface area contributed by atoms with Crippen LogP contribution in [0.15, 0.2) is 30.3 Å². The lowest BCUT2D eigenvalue weighted by atomic mass is 9.85. The molecule has 1 fully saturated rings. The average Bonchev–Trinajstić information content (AvgIpc) is 3.10. The first-order valence-corrected chi connectivity index (χ1v) is 10.0. The Morgan fingerprint density at radius 2 is 1.71 bits per heavy atom. The van der Waals surface area contributed by atoms with Crippen molar-refractivity contribution >= 4 is 17.5 Å². The third-order valence-electron chi connectivity index (χ3n) is 5.64. The van der Waals surface area contributed by atoms with E-state index in [0.29, 0.717) is 36.1 Å². The number of hydrogen-bond acceptors (Lipinski definition) is 6. The number of nitrogens with zero attached hydrogens (tertiary/aromatic N) is 5. The molecule has 3 aromatic rings. The molecule has 0 radical (unpaired) electrons. The quantitative estimate of drug-likeness (QED) is 0.693. The Morgan fingerprint density at radius 3 is 2.39 bits per heavy atom. The summed E-state index contributed by atoms with van der Waals surface area (Å²) in [6.07, 6.45) is -0.0704. The maximum absolute atomic E-state index is 14.5. The molecule has 8 nitrogen and oxygen atoms in total. The second kappa shape index (κ2) is 7.69. The molecule has 5 rings (SSSR count). The number of ether oxygens (including phenoxy) is 1. The van der Waals surface area contributed by atoms with Crippen LogP contribution in [0.4, 0.5) is 20.4 Å². The van der Waals surface area contributed by atoms with E-state index in [1.165, 1.54) is 22.9 Å². The van der Waals surface area contributed by atoms with Crippen molar-refractivity contribution in [2.75, 3.05) is 36.5 Å². The van der Waals surface area contributed by atoms with Gasteiger partial charge in [0.15, 0.2) is 11.6 Å². The maximum Gasteiger partial charge on any atom is 0.226 e. The fourth-order valence-electron chi connectivity index (χ4n) is 4.20. The fourth-order valence-corrected chi connectivity index (χ4v) is 4.20. The summed E-state index contributed by atoms with van der Waals surface area (Å²) in [5.41, 5.74) is 0.999. The minimum absolute atomic E-state index is 0.0704. The molecule has 1 aromatic carbocycles. The van der Waals surface area contributed by atoms with Gasteiger partial charge in [0, 0.05) is 36.6 Å². The van der Waals surface area contributed by atoms with Crippen molar-refractivity contribution in [1.29, 1.82) is 0 Å². The number of rotatable bonds is 3. The summed E-state index contributed by atoms with van der Waals surface area (Å²) in [4.78, 5) is 14.5. The van der Waals surface area contributed by atoms with E-state index >= 15 is 0 Å². The van der Waals surface area contributed by atoms with Crippen LogP contribution in [-0.4, -0.2) is 52.2 Å². The largest absolute Gasteiger partial charge is 0.378 e. The second-order valence-corrected chi connectivity index (χ2v) is 7.55. The van der Waals surface area contributed by atoms with Crippen LogP contribution in [0.5, 0.6) is 0 Å². The number of carbonyl (C=O) groups is 1. The molecule has 1 atom stereocenters. The molecule has 10 heteroatoms. The molecule has 2 aromatic heterocycles. The zero-order chi connectivity index (χ0) is 21.5. The Morgan fingerprint density at radius 1 is 1.03 bits per heavy atom. The van der Waals surface area contributed by atoms with Gasteiger partial charge < -0.3 is 15.0 Å². The van der Waals surface area contributed by atoms with Crippen molar-refractivity contribution in [2.45, 2.75) is 19.3 Å². The third-order valence-corrected chi connectivity index (χ3v) is 5.64. The Bertz CT molecular complexity index is 1120. The van der Waals surface area contributed by atoms with E-state index < -0.39 is 17.6 Å². The molecule has 31 heavy (non-hydrogen) atoms. The number of nitrogens with one attached hydrogen (secondary N) is 1. The van der Waals surface area contributed by atoms with Crippen molar-refractivity contribution in [3.05, 3.63) is 58.8 Å². The minimum Gasteiger partial charge on any atom is -0.378 e. The molecule has 2 aliphatic heterocycles. The summed E-state index contributed by atoms with van der Waals surface area (Å²) >= 11 is 0. The lowest BCUT2D eigenvalue weighted by Crippen LogP contribution is -2.36. The Hall–Kier alpha value is -3.40. The van der Waals surface area contributed by atoms with Gasteiger partial charge in [-0.2, -0.15) is 9.78 Å². The van der Waals surface area contributed by atoms with Crippen molar-refractivity contribution in [3.8, 4) is 5.82 Å². The van der Waals surface area contributed by atoms with Gasteiger partial charge in [-0.25, -0.2) is 8.78 Å². The SMILES string of the molecule is Cc1nn(-c2ccc(N3CCOCC3)nn2)c2c1[C@H](c1c(F)cccc1F)CC(=O)N2. The average molecular weight is 426 g/mol. The first kappa shape index (κ1) is 19.6. The highest BCUT2D eigenvalue weighted by Gasteiger charge is 2.35. The molecule has 0 spiro atoms. The number of aromatic nitrogens is 4. The summed E-state index contributed by atoms with van der Waals surface area (Å²) in [5.74, 6) is -1.02. The maximum atomic E-state index is 14.5. The van der Waals surface area contributed by atoms with Gasteiger partial charge in [-0.15, -0.1) is 10.2 Å². The number of morpholine rings is 1. The summed E-state index contributed by atoms with van der Waals surface area (Å²) in [6, 6.07) is 7.28. The summed E-state index contributed by atoms with van der Waals surface area (Å²) < 4.78 is 35.8. The van der Waals surface area contributed by atoms with E-state index in [1.54, 1.807) is 13.0 Å². The molecular weight excluding hydrogens is 406 g/mol. The van der Waals surface area contributed by atoms with E-state index in [4.69, 9.17) is 4.74 Å². The summed E-state index contributed by atoms with van der Waals surface area (Å²) in [5, 5.41) is 15.8. The molecule has 160 valence electrons. The monoisotopic (exact) mass is 426 g/mol. The number of carbonyl (C=O) groups excluding carboxylic acids is 1.